The molecule has 0 saturated carbocycles. The first-order valence-corrected chi connectivity index (χ1v) is 11.1. The molecular formula is C18H16ClN3O3S2. The molecule has 0 unspecified atom stereocenters. The molecule has 1 aliphatic rings. The summed E-state index contributed by atoms with van der Waals surface area (Å²) in [6, 6.07) is 10.7. The van der Waals surface area contributed by atoms with Crippen LogP contribution in [0.2, 0.25) is 5.02 Å². The molecule has 1 fully saturated rings. The standard InChI is InChI=1S/C18H16ClN3O3S2/c19-12-3-6-14(7-4-12)27(24,25)22-9-1-2-16(22)18(23)21-13-5-8-17-15(10-13)20-11-26-17/h3-8,10-11,16H,1-2,9H2,(H,21,23)/t16-/m0/s1. The summed E-state index contributed by atoms with van der Waals surface area (Å²) in [5, 5.41) is 3.29. The third kappa shape index (κ3) is 3.58. The van der Waals surface area contributed by atoms with Gasteiger partial charge < -0.3 is 5.32 Å². The zero-order valence-electron chi connectivity index (χ0n) is 14.1. The molecule has 4 rings (SSSR count). The van der Waals surface area contributed by atoms with Gasteiger partial charge in [0.25, 0.3) is 0 Å². The number of halogens is 1. The van der Waals surface area contributed by atoms with Crippen molar-refractivity contribution in [2.24, 2.45) is 0 Å². The lowest BCUT2D eigenvalue weighted by atomic mass is 10.2. The molecule has 0 radical (unpaired) electrons. The summed E-state index contributed by atoms with van der Waals surface area (Å²) >= 11 is 7.37. The van der Waals surface area contributed by atoms with Crippen LogP contribution in [0.15, 0.2) is 52.9 Å². The minimum absolute atomic E-state index is 0.135. The van der Waals surface area contributed by atoms with Crippen LogP contribution in [0, 0.1) is 0 Å². The maximum atomic E-state index is 12.9. The number of carbonyl (C=O) groups excluding carboxylic acids is 1. The van der Waals surface area contributed by atoms with Gasteiger partial charge in [0.05, 0.1) is 20.6 Å². The smallest absolute Gasteiger partial charge is 0.243 e. The third-order valence-corrected chi connectivity index (χ3v) is 7.51. The SMILES string of the molecule is O=C(Nc1ccc2scnc2c1)[C@@H]1CCCN1S(=O)(=O)c1ccc(Cl)cc1. The molecule has 1 N–H and O–H groups in total. The number of hydrogen-bond acceptors (Lipinski definition) is 5. The number of aromatic nitrogens is 1. The first-order chi connectivity index (χ1) is 12.9. The highest BCUT2D eigenvalue weighted by Crippen LogP contribution is 2.28. The molecule has 140 valence electrons. The van der Waals surface area contributed by atoms with Crippen LogP contribution in [0.25, 0.3) is 10.2 Å². The van der Waals surface area contributed by atoms with Gasteiger partial charge in [0.15, 0.2) is 0 Å². The first-order valence-electron chi connectivity index (χ1n) is 8.37. The second kappa shape index (κ2) is 7.20. The van der Waals surface area contributed by atoms with Gasteiger partial charge in [0, 0.05) is 17.3 Å². The zero-order valence-corrected chi connectivity index (χ0v) is 16.5. The molecule has 3 aromatic rings. The Morgan fingerprint density at radius 1 is 1.22 bits per heavy atom. The highest BCUT2D eigenvalue weighted by molar-refractivity contribution is 7.89. The van der Waals surface area contributed by atoms with E-state index in [0.717, 1.165) is 10.2 Å². The van der Waals surface area contributed by atoms with Crippen LogP contribution in [0.4, 0.5) is 5.69 Å². The summed E-state index contributed by atoms with van der Waals surface area (Å²) < 4.78 is 28.2. The fraction of sp³-hybridized carbons (Fsp3) is 0.222. The van der Waals surface area contributed by atoms with Crippen molar-refractivity contribution in [1.82, 2.24) is 9.29 Å². The van der Waals surface area contributed by atoms with E-state index in [1.165, 1.54) is 39.9 Å². The van der Waals surface area contributed by atoms with E-state index >= 15 is 0 Å². The van der Waals surface area contributed by atoms with Gasteiger partial charge in [0.2, 0.25) is 15.9 Å². The Balaban J connectivity index is 1.56. The fourth-order valence-corrected chi connectivity index (χ4v) is 5.63. The summed E-state index contributed by atoms with van der Waals surface area (Å²) in [5.41, 5.74) is 3.15. The number of amides is 1. The van der Waals surface area contributed by atoms with Crippen molar-refractivity contribution in [3.63, 3.8) is 0 Å². The molecule has 0 aliphatic carbocycles. The van der Waals surface area contributed by atoms with Crippen molar-refractivity contribution < 1.29 is 13.2 Å². The fourth-order valence-electron chi connectivity index (χ4n) is 3.19. The summed E-state index contributed by atoms with van der Waals surface area (Å²) in [6.45, 7) is 0.314. The highest BCUT2D eigenvalue weighted by Gasteiger charge is 2.39. The number of rotatable bonds is 4. The number of nitrogens with zero attached hydrogens (tertiary/aromatic N) is 2. The van der Waals surface area contributed by atoms with Crippen molar-refractivity contribution in [2.45, 2.75) is 23.8 Å². The van der Waals surface area contributed by atoms with Crippen LogP contribution in [-0.2, 0) is 14.8 Å². The third-order valence-electron chi connectivity index (χ3n) is 4.52. The molecule has 0 spiro atoms. The Kier molecular flexibility index (Phi) is 4.90. The Labute approximate surface area is 165 Å². The summed E-state index contributed by atoms with van der Waals surface area (Å²) in [5.74, 6) is -0.334. The van der Waals surface area contributed by atoms with Crippen molar-refractivity contribution >= 4 is 54.8 Å². The molecule has 6 nitrogen and oxygen atoms in total. The first kappa shape index (κ1) is 18.4. The van der Waals surface area contributed by atoms with Gasteiger partial charge in [0.1, 0.15) is 6.04 Å². The van der Waals surface area contributed by atoms with E-state index in [1.807, 2.05) is 6.07 Å². The summed E-state index contributed by atoms with van der Waals surface area (Å²) in [6.07, 6.45) is 1.12. The van der Waals surface area contributed by atoms with E-state index in [1.54, 1.807) is 17.6 Å². The number of carbonyl (C=O) groups is 1. The maximum absolute atomic E-state index is 12.9. The van der Waals surface area contributed by atoms with Gasteiger partial charge in [-0.1, -0.05) is 11.6 Å². The number of nitrogens with one attached hydrogen (secondary N) is 1. The van der Waals surface area contributed by atoms with Crippen LogP contribution in [0.1, 0.15) is 12.8 Å². The molecule has 2 aromatic carbocycles. The van der Waals surface area contributed by atoms with Crippen LogP contribution in [-0.4, -0.2) is 36.2 Å². The largest absolute Gasteiger partial charge is 0.325 e. The van der Waals surface area contributed by atoms with E-state index in [-0.39, 0.29) is 10.8 Å². The average Bonchev–Trinajstić information content (AvgIpc) is 3.31. The van der Waals surface area contributed by atoms with Gasteiger partial charge in [-0.3, -0.25) is 4.79 Å². The Bertz CT molecular complexity index is 1100. The molecule has 27 heavy (non-hydrogen) atoms. The molecule has 1 atom stereocenters. The normalized spacial score (nSPS) is 18.0. The highest BCUT2D eigenvalue weighted by atomic mass is 35.5. The van der Waals surface area contributed by atoms with Crippen molar-refractivity contribution in [3.8, 4) is 0 Å². The van der Waals surface area contributed by atoms with Crippen molar-refractivity contribution in [2.75, 3.05) is 11.9 Å². The predicted octanol–water partition coefficient (Wildman–Crippen LogP) is 3.74. The van der Waals surface area contributed by atoms with Crippen molar-refractivity contribution in [3.05, 3.63) is 53.0 Å². The molecule has 0 bridgehead atoms. The number of hydrogen-bond donors (Lipinski definition) is 1. The molecule has 1 amide bonds. The summed E-state index contributed by atoms with van der Waals surface area (Å²) in [4.78, 5) is 17.1. The van der Waals surface area contributed by atoms with E-state index in [2.05, 4.69) is 10.3 Å². The number of thiazole rings is 1. The number of sulfonamides is 1. The zero-order chi connectivity index (χ0) is 19.0. The average molecular weight is 422 g/mol. The molecular weight excluding hydrogens is 406 g/mol. The van der Waals surface area contributed by atoms with Crippen LogP contribution >= 0.6 is 22.9 Å². The van der Waals surface area contributed by atoms with E-state index in [4.69, 9.17) is 11.6 Å². The predicted molar refractivity (Wildman–Crippen MR) is 107 cm³/mol. The molecule has 1 aromatic heterocycles. The van der Waals surface area contributed by atoms with Gasteiger partial charge in [-0.05, 0) is 55.3 Å². The lowest BCUT2D eigenvalue weighted by molar-refractivity contribution is -0.119. The maximum Gasteiger partial charge on any atom is 0.243 e. The Morgan fingerprint density at radius 2 is 2.00 bits per heavy atom. The second-order valence-electron chi connectivity index (χ2n) is 6.25. The van der Waals surface area contributed by atoms with Crippen LogP contribution in [0.3, 0.4) is 0 Å². The molecule has 1 saturated heterocycles. The van der Waals surface area contributed by atoms with Gasteiger partial charge in [-0.15, -0.1) is 11.3 Å². The number of fused-ring (bicyclic) bond motifs is 1. The lowest BCUT2D eigenvalue weighted by Gasteiger charge is -2.23. The van der Waals surface area contributed by atoms with E-state index in [9.17, 15) is 13.2 Å². The van der Waals surface area contributed by atoms with Crippen molar-refractivity contribution in [1.29, 1.82) is 0 Å². The van der Waals surface area contributed by atoms with E-state index < -0.39 is 16.1 Å². The molecule has 1 aliphatic heterocycles. The quantitative estimate of drug-likeness (QED) is 0.695. The molecule has 2 heterocycles. The monoisotopic (exact) mass is 421 g/mol. The topological polar surface area (TPSA) is 79.4 Å². The minimum atomic E-state index is -3.76. The van der Waals surface area contributed by atoms with E-state index in [0.29, 0.717) is 30.1 Å². The van der Waals surface area contributed by atoms with Crippen LogP contribution in [0.5, 0.6) is 0 Å². The second-order valence-corrected chi connectivity index (χ2v) is 9.47. The lowest BCUT2D eigenvalue weighted by Crippen LogP contribution is -2.43. The Morgan fingerprint density at radius 3 is 2.78 bits per heavy atom. The van der Waals surface area contributed by atoms with Gasteiger partial charge in [-0.2, -0.15) is 4.31 Å². The summed E-state index contributed by atoms with van der Waals surface area (Å²) in [7, 11) is -3.76. The Hall–Kier alpha value is -2.00. The van der Waals surface area contributed by atoms with Crippen LogP contribution < -0.4 is 5.32 Å². The molecule has 9 heteroatoms. The minimum Gasteiger partial charge on any atom is -0.325 e. The van der Waals surface area contributed by atoms with Gasteiger partial charge in [-0.25, -0.2) is 13.4 Å². The van der Waals surface area contributed by atoms with Gasteiger partial charge >= 0.3 is 0 Å². The number of anilines is 1. The number of benzene rings is 2.